The van der Waals surface area contributed by atoms with Crippen LogP contribution < -0.4 is 10.2 Å². The van der Waals surface area contributed by atoms with Gasteiger partial charge in [-0.3, -0.25) is 4.98 Å². The van der Waals surface area contributed by atoms with Crippen LogP contribution in [0.4, 0.5) is 10.2 Å². The molecule has 7 heteroatoms. The number of nitrogens with zero attached hydrogens (tertiary/aromatic N) is 5. The molecule has 4 aromatic rings. The molecule has 0 saturated carbocycles. The highest BCUT2D eigenvalue weighted by atomic mass is 19.1. The van der Waals surface area contributed by atoms with Crippen molar-refractivity contribution in [3.63, 3.8) is 0 Å². The Morgan fingerprint density at radius 1 is 1.00 bits per heavy atom. The van der Waals surface area contributed by atoms with Crippen LogP contribution in [0, 0.1) is 24.6 Å². The molecular formula is C24H23FN6. The van der Waals surface area contributed by atoms with Crippen molar-refractivity contribution >= 4 is 11.5 Å². The average molecular weight is 414 g/mol. The molecule has 2 fully saturated rings. The van der Waals surface area contributed by atoms with E-state index in [1.807, 2.05) is 41.8 Å². The first-order valence-corrected chi connectivity index (χ1v) is 10.7. The maximum absolute atomic E-state index is 14.0. The highest BCUT2D eigenvalue weighted by Gasteiger charge is 2.36. The van der Waals surface area contributed by atoms with Crippen molar-refractivity contribution in [2.75, 3.05) is 31.1 Å². The van der Waals surface area contributed by atoms with Crippen LogP contribution in [0.25, 0.3) is 28.2 Å². The molecule has 3 aromatic heterocycles. The quantitative estimate of drug-likeness (QED) is 0.556. The zero-order chi connectivity index (χ0) is 20.9. The fraction of sp³-hybridized carbons (Fsp3) is 0.292. The molecule has 0 bridgehead atoms. The summed E-state index contributed by atoms with van der Waals surface area (Å²) in [5.74, 6) is 2.05. The fourth-order valence-electron chi connectivity index (χ4n) is 4.92. The number of anilines is 1. The monoisotopic (exact) mass is 414 g/mol. The molecule has 2 aliphatic heterocycles. The van der Waals surface area contributed by atoms with E-state index in [4.69, 9.17) is 10.1 Å². The summed E-state index contributed by atoms with van der Waals surface area (Å²) in [7, 11) is 0. The highest BCUT2D eigenvalue weighted by Crippen LogP contribution is 2.34. The van der Waals surface area contributed by atoms with Crippen molar-refractivity contribution < 1.29 is 4.39 Å². The van der Waals surface area contributed by atoms with Gasteiger partial charge < -0.3 is 10.2 Å². The average Bonchev–Trinajstić information content (AvgIpc) is 3.46. The summed E-state index contributed by atoms with van der Waals surface area (Å²) in [5.41, 5.74) is 4.93. The van der Waals surface area contributed by atoms with Gasteiger partial charge in [-0.2, -0.15) is 0 Å². The van der Waals surface area contributed by atoms with Crippen LogP contribution in [0.15, 0.2) is 54.7 Å². The van der Waals surface area contributed by atoms with Crippen molar-refractivity contribution in [3.8, 4) is 22.5 Å². The molecule has 2 unspecified atom stereocenters. The van der Waals surface area contributed by atoms with Gasteiger partial charge in [0.05, 0.1) is 5.69 Å². The van der Waals surface area contributed by atoms with Gasteiger partial charge in [0.1, 0.15) is 17.3 Å². The number of aryl methyl sites for hydroxylation is 1. The third kappa shape index (κ3) is 3.16. The lowest BCUT2D eigenvalue weighted by atomic mass is 10.0. The minimum Gasteiger partial charge on any atom is -0.355 e. The van der Waals surface area contributed by atoms with Gasteiger partial charge in [0.2, 0.25) is 0 Å². The maximum Gasteiger partial charge on any atom is 0.155 e. The molecule has 2 atom stereocenters. The van der Waals surface area contributed by atoms with Gasteiger partial charge in [-0.05, 0) is 55.2 Å². The van der Waals surface area contributed by atoms with E-state index in [0.717, 1.165) is 65.9 Å². The largest absolute Gasteiger partial charge is 0.355 e. The second-order valence-electron chi connectivity index (χ2n) is 8.55. The number of aromatic nitrogens is 4. The minimum atomic E-state index is -0.280. The minimum absolute atomic E-state index is 0.280. The Morgan fingerprint density at radius 3 is 2.61 bits per heavy atom. The number of imidazole rings is 1. The third-order valence-corrected chi connectivity index (χ3v) is 6.45. The van der Waals surface area contributed by atoms with E-state index in [2.05, 4.69) is 15.2 Å². The van der Waals surface area contributed by atoms with Crippen molar-refractivity contribution in [1.29, 1.82) is 0 Å². The van der Waals surface area contributed by atoms with Crippen LogP contribution in [0.5, 0.6) is 0 Å². The van der Waals surface area contributed by atoms with E-state index in [0.29, 0.717) is 11.8 Å². The van der Waals surface area contributed by atoms with E-state index >= 15 is 0 Å². The lowest BCUT2D eigenvalue weighted by molar-refractivity contribution is 0.533. The summed E-state index contributed by atoms with van der Waals surface area (Å²) >= 11 is 0. The molecule has 6 rings (SSSR count). The van der Waals surface area contributed by atoms with Gasteiger partial charge in [-0.1, -0.05) is 12.1 Å². The van der Waals surface area contributed by atoms with Crippen LogP contribution in [0.3, 0.4) is 0 Å². The Hall–Kier alpha value is -3.32. The second-order valence-corrected chi connectivity index (χ2v) is 8.55. The van der Waals surface area contributed by atoms with Gasteiger partial charge in [-0.25, -0.2) is 13.9 Å². The molecule has 31 heavy (non-hydrogen) atoms. The molecule has 0 spiro atoms. The Kier molecular flexibility index (Phi) is 4.24. The number of halogens is 1. The molecule has 0 aliphatic carbocycles. The zero-order valence-electron chi connectivity index (χ0n) is 17.3. The third-order valence-electron chi connectivity index (χ3n) is 6.45. The Bertz CT molecular complexity index is 1270. The van der Waals surface area contributed by atoms with Crippen molar-refractivity contribution in [3.05, 3.63) is 66.2 Å². The van der Waals surface area contributed by atoms with Crippen LogP contribution in [0.1, 0.15) is 5.69 Å². The van der Waals surface area contributed by atoms with E-state index < -0.39 is 0 Å². The standard InChI is InChI=1S/C24H23FN6/c1-15-9-17(7-8-27-15)24-23(16-3-2-4-20(25)10-16)28-21-5-6-22(29-31(21)24)30-13-18-11-26-12-19(18)14-30/h2-10,18-19,26H,11-14H2,1H3. The SMILES string of the molecule is Cc1cc(-c2c(-c3cccc(F)c3)nc3ccc(N4CC5CNCC5C4)nn23)ccn1. The van der Waals surface area contributed by atoms with Gasteiger partial charge in [-0.15, -0.1) is 5.10 Å². The van der Waals surface area contributed by atoms with E-state index in [1.165, 1.54) is 12.1 Å². The molecule has 2 aliphatic rings. The normalized spacial score (nSPS) is 20.5. The van der Waals surface area contributed by atoms with Gasteiger partial charge >= 0.3 is 0 Å². The van der Waals surface area contributed by atoms with Gasteiger partial charge in [0, 0.05) is 49.2 Å². The number of hydrogen-bond donors (Lipinski definition) is 1. The smallest absolute Gasteiger partial charge is 0.155 e. The Labute approximate surface area is 179 Å². The van der Waals surface area contributed by atoms with Crippen LogP contribution in [-0.2, 0) is 0 Å². The van der Waals surface area contributed by atoms with E-state index in [-0.39, 0.29) is 5.82 Å². The lowest BCUT2D eigenvalue weighted by Crippen LogP contribution is -2.26. The molecule has 1 aromatic carbocycles. The molecule has 5 heterocycles. The Morgan fingerprint density at radius 2 is 1.84 bits per heavy atom. The zero-order valence-corrected chi connectivity index (χ0v) is 17.3. The molecule has 6 nitrogen and oxygen atoms in total. The second kappa shape index (κ2) is 7.13. The number of pyridine rings is 1. The van der Waals surface area contributed by atoms with Crippen molar-refractivity contribution in [1.82, 2.24) is 24.9 Å². The van der Waals surface area contributed by atoms with Crippen molar-refractivity contribution in [2.45, 2.75) is 6.92 Å². The van der Waals surface area contributed by atoms with E-state index in [1.54, 1.807) is 12.3 Å². The summed E-state index contributed by atoms with van der Waals surface area (Å²) in [4.78, 5) is 11.5. The van der Waals surface area contributed by atoms with Crippen molar-refractivity contribution in [2.24, 2.45) is 11.8 Å². The number of hydrogen-bond acceptors (Lipinski definition) is 5. The molecule has 1 N–H and O–H groups in total. The molecule has 2 saturated heterocycles. The first kappa shape index (κ1) is 18.4. The Balaban J connectivity index is 1.52. The van der Waals surface area contributed by atoms with Gasteiger partial charge in [0.15, 0.2) is 5.65 Å². The summed E-state index contributed by atoms with van der Waals surface area (Å²) in [6, 6.07) is 14.6. The first-order chi connectivity index (χ1) is 15.2. The lowest BCUT2D eigenvalue weighted by Gasteiger charge is -2.18. The molecule has 156 valence electrons. The van der Waals surface area contributed by atoms with Crippen LogP contribution in [0.2, 0.25) is 0 Å². The summed E-state index contributed by atoms with van der Waals surface area (Å²) in [6.45, 7) is 6.17. The molecule has 0 amide bonds. The fourth-order valence-corrected chi connectivity index (χ4v) is 4.92. The molecular weight excluding hydrogens is 391 g/mol. The van der Waals surface area contributed by atoms with Gasteiger partial charge in [0.25, 0.3) is 0 Å². The molecule has 0 radical (unpaired) electrons. The summed E-state index contributed by atoms with van der Waals surface area (Å²) in [5, 5.41) is 8.49. The summed E-state index contributed by atoms with van der Waals surface area (Å²) < 4.78 is 15.9. The number of rotatable bonds is 3. The number of fused-ring (bicyclic) bond motifs is 2. The summed E-state index contributed by atoms with van der Waals surface area (Å²) in [6.07, 6.45) is 1.79. The van der Waals surface area contributed by atoms with Crippen LogP contribution >= 0.6 is 0 Å². The van der Waals surface area contributed by atoms with Crippen LogP contribution in [-0.4, -0.2) is 45.8 Å². The topological polar surface area (TPSA) is 58.4 Å². The number of nitrogens with one attached hydrogen (secondary N) is 1. The first-order valence-electron chi connectivity index (χ1n) is 10.7. The van der Waals surface area contributed by atoms with E-state index in [9.17, 15) is 4.39 Å². The predicted octanol–water partition coefficient (Wildman–Crippen LogP) is 3.56. The predicted molar refractivity (Wildman–Crippen MR) is 118 cm³/mol. The maximum atomic E-state index is 14.0. The number of benzene rings is 1. The highest BCUT2D eigenvalue weighted by molar-refractivity contribution is 5.81.